The van der Waals surface area contributed by atoms with Gasteiger partial charge in [0.1, 0.15) is 17.1 Å². The molecule has 3 aromatic heterocycles. The monoisotopic (exact) mass is 471 g/mol. The van der Waals surface area contributed by atoms with Crippen LogP contribution in [0.5, 0.6) is 0 Å². The van der Waals surface area contributed by atoms with Gasteiger partial charge in [-0.15, -0.1) is 11.3 Å². The average molecular weight is 472 g/mol. The number of hydrogen-bond donors (Lipinski definition) is 2. The number of benzene rings is 2. The van der Waals surface area contributed by atoms with E-state index >= 15 is 0 Å². The second kappa shape index (κ2) is 8.30. The first kappa shape index (κ1) is 20.9. The van der Waals surface area contributed by atoms with Gasteiger partial charge in [-0.05, 0) is 60.7 Å². The SMILES string of the molecule is OC1(CNc2nccc(-c3c(-c4ccc(F)cc4)nc4sccn34)n2)CCCc2ccccc21. The zero-order valence-electron chi connectivity index (χ0n) is 18.3. The van der Waals surface area contributed by atoms with Gasteiger partial charge in [-0.3, -0.25) is 4.40 Å². The molecule has 34 heavy (non-hydrogen) atoms. The van der Waals surface area contributed by atoms with Gasteiger partial charge in [-0.2, -0.15) is 0 Å². The number of rotatable bonds is 5. The van der Waals surface area contributed by atoms with Crippen molar-refractivity contribution in [1.29, 1.82) is 0 Å². The fraction of sp³-hybridized carbons (Fsp3) is 0.192. The molecule has 6 nitrogen and oxygen atoms in total. The number of thiazole rings is 1. The fourth-order valence-corrected chi connectivity index (χ4v) is 5.44. The molecule has 170 valence electrons. The molecule has 6 rings (SSSR count). The summed E-state index contributed by atoms with van der Waals surface area (Å²) in [7, 11) is 0. The molecule has 0 saturated heterocycles. The van der Waals surface area contributed by atoms with Crippen LogP contribution in [-0.4, -0.2) is 31.0 Å². The number of imidazole rings is 1. The summed E-state index contributed by atoms with van der Waals surface area (Å²) in [5.41, 5.74) is 4.25. The van der Waals surface area contributed by atoms with Gasteiger partial charge in [0.05, 0.1) is 17.9 Å². The summed E-state index contributed by atoms with van der Waals surface area (Å²) in [6.45, 7) is 0.318. The first-order valence-corrected chi connectivity index (χ1v) is 12.1. The molecule has 1 aliphatic rings. The van der Waals surface area contributed by atoms with E-state index in [0.717, 1.165) is 40.3 Å². The van der Waals surface area contributed by atoms with Crippen molar-refractivity contribution in [1.82, 2.24) is 19.4 Å². The molecule has 8 heteroatoms. The molecular weight excluding hydrogens is 449 g/mol. The molecule has 3 heterocycles. The lowest BCUT2D eigenvalue weighted by Gasteiger charge is -2.34. The molecule has 2 aromatic carbocycles. The second-order valence-corrected chi connectivity index (χ2v) is 9.41. The van der Waals surface area contributed by atoms with E-state index in [-0.39, 0.29) is 5.82 Å². The van der Waals surface area contributed by atoms with Crippen LogP contribution < -0.4 is 5.32 Å². The molecule has 0 aliphatic heterocycles. The van der Waals surface area contributed by atoms with Crippen LogP contribution >= 0.6 is 11.3 Å². The van der Waals surface area contributed by atoms with Crippen LogP contribution in [0, 0.1) is 5.82 Å². The largest absolute Gasteiger partial charge is 0.383 e. The van der Waals surface area contributed by atoms with Crippen LogP contribution in [0.1, 0.15) is 24.0 Å². The number of anilines is 1. The van der Waals surface area contributed by atoms with Crippen molar-refractivity contribution in [3.63, 3.8) is 0 Å². The summed E-state index contributed by atoms with van der Waals surface area (Å²) in [6.07, 6.45) is 6.25. The average Bonchev–Trinajstić information content (AvgIpc) is 3.45. The van der Waals surface area contributed by atoms with E-state index in [1.54, 1.807) is 18.3 Å². The topological polar surface area (TPSA) is 75.3 Å². The van der Waals surface area contributed by atoms with Gasteiger partial charge in [0.15, 0.2) is 4.96 Å². The maximum atomic E-state index is 13.5. The Labute approximate surface area is 199 Å². The number of aryl methyl sites for hydroxylation is 1. The highest BCUT2D eigenvalue weighted by Gasteiger charge is 2.34. The van der Waals surface area contributed by atoms with E-state index in [0.29, 0.717) is 24.6 Å². The summed E-state index contributed by atoms with van der Waals surface area (Å²) >= 11 is 1.53. The van der Waals surface area contributed by atoms with Gasteiger partial charge in [0.2, 0.25) is 5.95 Å². The van der Waals surface area contributed by atoms with E-state index in [4.69, 9.17) is 9.97 Å². The van der Waals surface area contributed by atoms with Gasteiger partial charge >= 0.3 is 0 Å². The van der Waals surface area contributed by atoms with Crippen LogP contribution in [0.4, 0.5) is 10.3 Å². The molecule has 0 radical (unpaired) electrons. The number of nitrogens with zero attached hydrogens (tertiary/aromatic N) is 4. The highest BCUT2D eigenvalue weighted by Crippen LogP contribution is 2.36. The smallest absolute Gasteiger partial charge is 0.223 e. The third-order valence-corrected chi connectivity index (χ3v) is 7.13. The summed E-state index contributed by atoms with van der Waals surface area (Å²) < 4.78 is 15.5. The molecule has 0 fully saturated rings. The Morgan fingerprint density at radius 3 is 2.82 bits per heavy atom. The maximum Gasteiger partial charge on any atom is 0.223 e. The maximum absolute atomic E-state index is 13.5. The Hall–Kier alpha value is -3.62. The molecule has 1 aliphatic carbocycles. The zero-order valence-corrected chi connectivity index (χ0v) is 19.1. The van der Waals surface area contributed by atoms with Crippen LogP contribution in [0.15, 0.2) is 72.4 Å². The number of halogens is 1. The molecule has 1 unspecified atom stereocenters. The van der Waals surface area contributed by atoms with Crippen LogP contribution in [0.3, 0.4) is 0 Å². The summed E-state index contributed by atoms with van der Waals surface area (Å²) in [5.74, 6) is 0.145. The number of hydrogen-bond acceptors (Lipinski definition) is 6. The fourth-order valence-electron chi connectivity index (χ4n) is 4.72. The molecule has 0 spiro atoms. The van der Waals surface area contributed by atoms with Crippen molar-refractivity contribution in [2.75, 3.05) is 11.9 Å². The molecule has 5 aromatic rings. The Morgan fingerprint density at radius 2 is 1.94 bits per heavy atom. The number of fused-ring (bicyclic) bond motifs is 2. The second-order valence-electron chi connectivity index (χ2n) is 8.53. The molecule has 2 N–H and O–H groups in total. The van der Waals surface area contributed by atoms with E-state index in [2.05, 4.69) is 16.4 Å². The first-order chi connectivity index (χ1) is 16.6. The van der Waals surface area contributed by atoms with Crippen molar-refractivity contribution in [2.45, 2.75) is 24.9 Å². The van der Waals surface area contributed by atoms with E-state index in [9.17, 15) is 9.50 Å². The van der Waals surface area contributed by atoms with Crippen molar-refractivity contribution < 1.29 is 9.50 Å². The first-order valence-electron chi connectivity index (χ1n) is 11.2. The quantitative estimate of drug-likeness (QED) is 0.364. The highest BCUT2D eigenvalue weighted by molar-refractivity contribution is 7.15. The lowest BCUT2D eigenvalue weighted by molar-refractivity contribution is 0.0321. The number of nitrogens with one attached hydrogen (secondary N) is 1. The lowest BCUT2D eigenvalue weighted by atomic mass is 9.79. The minimum Gasteiger partial charge on any atom is -0.383 e. The van der Waals surface area contributed by atoms with E-state index in [1.165, 1.54) is 29.0 Å². The Kier molecular flexibility index (Phi) is 5.12. The Morgan fingerprint density at radius 1 is 1.09 bits per heavy atom. The van der Waals surface area contributed by atoms with Crippen molar-refractivity contribution in [2.24, 2.45) is 0 Å². The van der Waals surface area contributed by atoms with Crippen LogP contribution in [0.25, 0.3) is 27.6 Å². The standard InChI is InChI=1S/C26H22FN5OS/c27-19-9-7-18(8-10-19)22-23(32-14-15-34-25(32)31-22)21-11-13-28-24(30-21)29-16-26(33)12-3-5-17-4-1-2-6-20(17)26/h1-2,4,6-11,13-15,33H,3,5,12,16H2,(H,28,29,30). The predicted molar refractivity (Wildman–Crippen MR) is 131 cm³/mol. The van der Waals surface area contributed by atoms with Gasteiger partial charge < -0.3 is 10.4 Å². The van der Waals surface area contributed by atoms with Gasteiger partial charge in [-0.1, -0.05) is 24.3 Å². The third kappa shape index (κ3) is 3.65. The molecule has 0 bridgehead atoms. The van der Waals surface area contributed by atoms with E-state index < -0.39 is 5.60 Å². The van der Waals surface area contributed by atoms with Crippen molar-refractivity contribution in [3.8, 4) is 22.6 Å². The Balaban J connectivity index is 1.34. The normalized spacial score (nSPS) is 17.6. The third-order valence-electron chi connectivity index (χ3n) is 6.37. The molecule has 0 saturated carbocycles. The summed E-state index contributed by atoms with van der Waals surface area (Å²) in [4.78, 5) is 14.8. The number of aromatic nitrogens is 4. The Bertz CT molecular complexity index is 1480. The lowest BCUT2D eigenvalue weighted by Crippen LogP contribution is -2.37. The highest BCUT2D eigenvalue weighted by atomic mass is 32.1. The minimum atomic E-state index is -0.968. The molecular formula is C26H22FN5OS. The predicted octanol–water partition coefficient (Wildman–Crippen LogP) is 5.29. The minimum absolute atomic E-state index is 0.290. The van der Waals surface area contributed by atoms with Crippen LogP contribution in [-0.2, 0) is 12.0 Å². The molecule has 1 atom stereocenters. The van der Waals surface area contributed by atoms with E-state index in [1.807, 2.05) is 40.2 Å². The summed E-state index contributed by atoms with van der Waals surface area (Å²) in [5, 5.41) is 16.6. The van der Waals surface area contributed by atoms with Gasteiger partial charge in [0, 0.05) is 23.3 Å². The van der Waals surface area contributed by atoms with Gasteiger partial charge in [-0.25, -0.2) is 19.3 Å². The van der Waals surface area contributed by atoms with Crippen LogP contribution in [0.2, 0.25) is 0 Å². The number of aliphatic hydroxyl groups is 1. The van der Waals surface area contributed by atoms with Crippen molar-refractivity contribution in [3.05, 3.63) is 89.3 Å². The summed E-state index contributed by atoms with van der Waals surface area (Å²) in [6, 6.07) is 16.2. The van der Waals surface area contributed by atoms with Crippen molar-refractivity contribution >= 4 is 22.2 Å². The van der Waals surface area contributed by atoms with Gasteiger partial charge in [0.25, 0.3) is 0 Å². The zero-order chi connectivity index (χ0) is 23.1. The molecule has 0 amide bonds.